The van der Waals surface area contributed by atoms with Gasteiger partial charge in [-0.2, -0.15) is 0 Å². The van der Waals surface area contributed by atoms with Crippen molar-refractivity contribution in [3.8, 4) is 0 Å². The summed E-state index contributed by atoms with van der Waals surface area (Å²) in [5.74, 6) is 0.123. The number of nitrogens with zero attached hydrogens (tertiary/aromatic N) is 4. The monoisotopic (exact) mass is 506 g/mol. The first kappa shape index (κ1) is 28.3. The van der Waals surface area contributed by atoms with Crippen molar-refractivity contribution >= 4 is 16.9 Å². The fourth-order valence-electron chi connectivity index (χ4n) is 5.33. The van der Waals surface area contributed by atoms with Crippen molar-refractivity contribution in [3.63, 3.8) is 0 Å². The van der Waals surface area contributed by atoms with Gasteiger partial charge in [-0.25, -0.2) is 8.51 Å². The number of aryl methyl sites for hydroxylation is 3. The highest BCUT2D eigenvalue weighted by Gasteiger charge is 2.23. The lowest BCUT2D eigenvalue weighted by Crippen LogP contribution is -2.51. The summed E-state index contributed by atoms with van der Waals surface area (Å²) in [4.78, 5) is 19.7. The first-order valence-corrected chi connectivity index (χ1v) is 14.5. The fourth-order valence-corrected chi connectivity index (χ4v) is 6.84. The van der Waals surface area contributed by atoms with Crippen molar-refractivity contribution in [2.45, 2.75) is 57.8 Å². The summed E-state index contributed by atoms with van der Waals surface area (Å²) in [6.07, 6.45) is 6.47. The van der Waals surface area contributed by atoms with E-state index in [1.54, 1.807) is 7.11 Å². The molecule has 3 aliphatic heterocycles. The Balaban J connectivity index is 0.000000198. The van der Waals surface area contributed by atoms with Gasteiger partial charge in [-0.1, -0.05) is 24.1 Å². The number of carbonyl (C=O) groups excluding carboxylic acids is 1. The Labute approximate surface area is 215 Å². The quantitative estimate of drug-likeness (QED) is 0.569. The molecule has 1 amide bonds. The molecule has 198 valence electrons. The number of likely N-dealkylation sites (tertiary alicyclic amines) is 1. The van der Waals surface area contributed by atoms with Gasteiger partial charge >= 0.3 is 0 Å². The molecular weight excluding hydrogens is 460 g/mol. The minimum Gasteiger partial charge on any atom is -0.375 e. The predicted molar refractivity (Wildman–Crippen MR) is 143 cm³/mol. The van der Waals surface area contributed by atoms with Gasteiger partial charge in [0.15, 0.2) is 0 Å². The molecule has 0 N–H and O–H groups in total. The highest BCUT2D eigenvalue weighted by atomic mass is 32.2. The van der Waals surface area contributed by atoms with Crippen LogP contribution in [0.25, 0.3) is 0 Å². The molecule has 8 heteroatoms. The van der Waals surface area contributed by atoms with E-state index in [2.05, 4.69) is 47.0 Å². The molecule has 35 heavy (non-hydrogen) atoms. The van der Waals surface area contributed by atoms with Crippen LogP contribution < -0.4 is 0 Å². The number of piperazine rings is 1. The van der Waals surface area contributed by atoms with Crippen LogP contribution in [-0.2, 0) is 20.5 Å². The van der Waals surface area contributed by atoms with Crippen LogP contribution in [0.2, 0.25) is 0 Å². The summed E-state index contributed by atoms with van der Waals surface area (Å²) < 4.78 is 19.4. The van der Waals surface area contributed by atoms with E-state index in [4.69, 9.17) is 4.74 Å². The molecule has 1 atom stereocenters. The molecule has 0 aliphatic carbocycles. The average Bonchev–Trinajstić information content (AvgIpc) is 3.39. The van der Waals surface area contributed by atoms with Gasteiger partial charge in [0.1, 0.15) is 17.6 Å². The van der Waals surface area contributed by atoms with Gasteiger partial charge in [0.2, 0.25) is 5.91 Å². The standard InChI is InChI=1S/C14H27N3O2.C13H19NOS/c1-19-13-14(18)17-11-9-16(10-12-17)8-7-15-5-3-2-4-6-15;1-10-8-11(2)13(12(3)9-10)16(15)14-6-4-5-7-14/h2-13H2,1H3;8-9H,4-7H2,1-3H3. The molecule has 0 radical (unpaired) electrons. The SMILES string of the molecule is COCC(=O)N1CCN(CCN2CCCCC2)CC1.Cc1cc(C)c(S(=O)N2CCCC2)c(C)c1. The molecular formula is C27H46N4O3S. The van der Waals surface area contributed by atoms with E-state index in [-0.39, 0.29) is 12.5 Å². The van der Waals surface area contributed by atoms with E-state index in [1.807, 2.05) is 4.90 Å². The van der Waals surface area contributed by atoms with E-state index in [0.717, 1.165) is 61.8 Å². The zero-order chi connectivity index (χ0) is 25.2. The first-order valence-electron chi connectivity index (χ1n) is 13.3. The van der Waals surface area contributed by atoms with E-state index >= 15 is 0 Å². The molecule has 0 spiro atoms. The third-order valence-electron chi connectivity index (χ3n) is 7.25. The van der Waals surface area contributed by atoms with Gasteiger partial charge in [0, 0.05) is 59.5 Å². The Hall–Kier alpha value is -1.32. The lowest BCUT2D eigenvalue weighted by atomic mass is 10.1. The first-order chi connectivity index (χ1) is 16.9. The molecule has 3 fully saturated rings. The largest absolute Gasteiger partial charge is 0.375 e. The minimum absolute atomic E-state index is 0.123. The van der Waals surface area contributed by atoms with E-state index < -0.39 is 11.0 Å². The Morgan fingerprint density at radius 2 is 1.31 bits per heavy atom. The van der Waals surface area contributed by atoms with Crippen LogP contribution in [0.4, 0.5) is 0 Å². The number of carbonyl (C=O) groups is 1. The summed E-state index contributed by atoms with van der Waals surface area (Å²) in [6.45, 7) is 16.9. The van der Waals surface area contributed by atoms with Crippen LogP contribution in [0.5, 0.6) is 0 Å². The summed E-state index contributed by atoms with van der Waals surface area (Å²) >= 11 is 0. The van der Waals surface area contributed by atoms with Crippen molar-refractivity contribution in [1.29, 1.82) is 0 Å². The molecule has 1 aromatic carbocycles. The van der Waals surface area contributed by atoms with Crippen molar-refractivity contribution in [1.82, 2.24) is 19.0 Å². The smallest absolute Gasteiger partial charge is 0.248 e. The van der Waals surface area contributed by atoms with E-state index in [1.165, 1.54) is 57.3 Å². The molecule has 1 aromatic rings. The van der Waals surface area contributed by atoms with Crippen LogP contribution >= 0.6 is 0 Å². The number of piperidine rings is 1. The predicted octanol–water partition coefficient (Wildman–Crippen LogP) is 2.99. The summed E-state index contributed by atoms with van der Waals surface area (Å²) in [5.41, 5.74) is 3.56. The molecule has 0 aromatic heterocycles. The number of methoxy groups -OCH3 is 1. The molecule has 3 heterocycles. The highest BCUT2D eigenvalue weighted by molar-refractivity contribution is 7.82. The highest BCUT2D eigenvalue weighted by Crippen LogP contribution is 2.24. The number of benzene rings is 1. The van der Waals surface area contributed by atoms with Crippen molar-refractivity contribution in [2.24, 2.45) is 0 Å². The van der Waals surface area contributed by atoms with Crippen molar-refractivity contribution in [2.75, 3.05) is 79.2 Å². The van der Waals surface area contributed by atoms with Crippen molar-refractivity contribution in [3.05, 3.63) is 28.8 Å². The molecule has 3 aliphatic rings. The Bertz CT molecular complexity index is 807. The molecule has 0 bridgehead atoms. The van der Waals surface area contributed by atoms with Gasteiger partial charge in [0.25, 0.3) is 0 Å². The number of hydrogen-bond donors (Lipinski definition) is 0. The summed E-state index contributed by atoms with van der Waals surface area (Å²) in [7, 11) is 0.619. The number of amides is 1. The van der Waals surface area contributed by atoms with Crippen LogP contribution in [0.3, 0.4) is 0 Å². The van der Waals surface area contributed by atoms with Crippen molar-refractivity contribution < 1.29 is 13.7 Å². The number of hydrogen-bond acceptors (Lipinski definition) is 5. The summed E-state index contributed by atoms with van der Waals surface area (Å²) in [5, 5.41) is 0. The van der Waals surface area contributed by atoms with Crippen LogP contribution in [0.15, 0.2) is 17.0 Å². The van der Waals surface area contributed by atoms with Crippen LogP contribution in [0.1, 0.15) is 48.8 Å². The Morgan fingerprint density at radius 1 is 0.800 bits per heavy atom. The van der Waals surface area contributed by atoms with Gasteiger partial charge in [-0.15, -0.1) is 0 Å². The lowest BCUT2D eigenvalue weighted by molar-refractivity contribution is -0.136. The molecule has 0 saturated carbocycles. The normalized spacial score (nSPS) is 21.0. The van der Waals surface area contributed by atoms with E-state index in [9.17, 15) is 9.00 Å². The molecule has 3 saturated heterocycles. The fraction of sp³-hybridized carbons (Fsp3) is 0.741. The third-order valence-corrected chi connectivity index (χ3v) is 9.08. The van der Waals surface area contributed by atoms with Gasteiger partial charge in [-0.05, 0) is 70.7 Å². The molecule has 7 nitrogen and oxygen atoms in total. The molecule has 1 unspecified atom stereocenters. The Morgan fingerprint density at radius 3 is 1.86 bits per heavy atom. The van der Waals surface area contributed by atoms with Gasteiger partial charge in [0.05, 0.1) is 4.90 Å². The maximum Gasteiger partial charge on any atom is 0.248 e. The molecule has 4 rings (SSSR count). The van der Waals surface area contributed by atoms with Gasteiger partial charge < -0.3 is 14.5 Å². The van der Waals surface area contributed by atoms with E-state index in [0.29, 0.717) is 0 Å². The number of ether oxygens (including phenoxy) is 1. The zero-order valence-corrected chi connectivity index (χ0v) is 23.2. The van der Waals surface area contributed by atoms with Crippen LogP contribution in [0, 0.1) is 20.8 Å². The van der Waals surface area contributed by atoms with Crippen LogP contribution in [-0.4, -0.2) is 108 Å². The third kappa shape index (κ3) is 8.64. The topological polar surface area (TPSA) is 56.3 Å². The average molecular weight is 507 g/mol. The minimum atomic E-state index is -0.957. The second kappa shape index (κ2) is 14.4. The summed E-state index contributed by atoms with van der Waals surface area (Å²) in [6, 6.07) is 4.24. The maximum absolute atomic E-state index is 12.4. The lowest BCUT2D eigenvalue weighted by Gasteiger charge is -2.36. The number of rotatable bonds is 7. The maximum atomic E-state index is 12.4. The zero-order valence-electron chi connectivity index (χ0n) is 22.4. The Kier molecular flexibility index (Phi) is 11.6. The second-order valence-electron chi connectivity index (χ2n) is 10.2. The second-order valence-corrected chi connectivity index (χ2v) is 11.6. The van der Waals surface area contributed by atoms with Gasteiger partial charge in [-0.3, -0.25) is 9.69 Å².